The molecule has 1 aliphatic carbocycles. The van der Waals surface area contributed by atoms with Gasteiger partial charge < -0.3 is 4.74 Å². The average Bonchev–Trinajstić information content (AvgIpc) is 2.41. The van der Waals surface area contributed by atoms with Crippen LogP contribution in [-0.4, -0.2) is 18.8 Å². The molecule has 0 amide bonds. The minimum Gasteiger partial charge on any atom is -0.378 e. The second-order valence-electron chi connectivity index (χ2n) is 7.46. The molecule has 0 aliphatic heterocycles. The lowest BCUT2D eigenvalue weighted by Crippen LogP contribution is -2.48. The summed E-state index contributed by atoms with van der Waals surface area (Å²) in [5, 5.41) is 0. The van der Waals surface area contributed by atoms with E-state index in [0.29, 0.717) is 0 Å². The molecule has 0 saturated heterocycles. The number of hydrogen-bond acceptors (Lipinski definition) is 3. The van der Waals surface area contributed by atoms with Crippen LogP contribution >= 0.6 is 0 Å². The molecular weight excluding hydrogens is 260 g/mol. The molecule has 2 rings (SSSR count). The van der Waals surface area contributed by atoms with Gasteiger partial charge in [0.2, 0.25) is 0 Å². The van der Waals surface area contributed by atoms with E-state index >= 15 is 0 Å². The van der Waals surface area contributed by atoms with Gasteiger partial charge in [0, 0.05) is 13.2 Å². The molecule has 0 spiro atoms. The lowest BCUT2D eigenvalue weighted by atomic mass is 9.75. The third kappa shape index (κ3) is 4.06. The zero-order valence-electron chi connectivity index (χ0n) is 13.9. The maximum Gasteiger partial charge on any atom is 0.0694 e. The SMILES string of the molecule is COC1(CC(Cc2ccc(C(C)(C)C)cc2)NN)CCC1. The van der Waals surface area contributed by atoms with E-state index in [1.165, 1.54) is 17.5 Å². The Morgan fingerprint density at radius 2 is 1.86 bits per heavy atom. The first-order valence-electron chi connectivity index (χ1n) is 7.99. The quantitative estimate of drug-likeness (QED) is 0.624. The van der Waals surface area contributed by atoms with Crippen LogP contribution in [0.25, 0.3) is 0 Å². The third-order valence-electron chi connectivity index (χ3n) is 4.85. The second-order valence-corrected chi connectivity index (χ2v) is 7.46. The fourth-order valence-corrected chi connectivity index (χ4v) is 3.13. The molecule has 0 heterocycles. The van der Waals surface area contributed by atoms with Crippen LogP contribution in [0.2, 0.25) is 0 Å². The predicted molar refractivity (Wildman–Crippen MR) is 88.2 cm³/mol. The van der Waals surface area contributed by atoms with Gasteiger partial charge in [-0.25, -0.2) is 0 Å². The van der Waals surface area contributed by atoms with Crippen LogP contribution in [0.1, 0.15) is 57.6 Å². The van der Waals surface area contributed by atoms with E-state index in [2.05, 4.69) is 50.5 Å². The van der Waals surface area contributed by atoms with Crippen LogP contribution in [0.15, 0.2) is 24.3 Å². The summed E-state index contributed by atoms with van der Waals surface area (Å²) in [4.78, 5) is 0. The number of hydrazine groups is 1. The highest BCUT2D eigenvalue weighted by molar-refractivity contribution is 5.28. The molecule has 0 bridgehead atoms. The molecule has 1 saturated carbocycles. The molecule has 118 valence electrons. The van der Waals surface area contributed by atoms with Crippen molar-refractivity contribution >= 4 is 0 Å². The smallest absolute Gasteiger partial charge is 0.0694 e. The lowest BCUT2D eigenvalue weighted by molar-refractivity contribution is -0.0834. The van der Waals surface area contributed by atoms with E-state index in [1.54, 1.807) is 0 Å². The summed E-state index contributed by atoms with van der Waals surface area (Å²) in [6.45, 7) is 6.72. The fraction of sp³-hybridized carbons (Fsp3) is 0.667. The first kappa shape index (κ1) is 16.5. The van der Waals surface area contributed by atoms with Gasteiger partial charge in [-0.3, -0.25) is 11.3 Å². The summed E-state index contributed by atoms with van der Waals surface area (Å²) in [6.07, 6.45) is 5.52. The molecular formula is C18H30N2O. The van der Waals surface area contributed by atoms with Crippen LogP contribution in [0.3, 0.4) is 0 Å². The highest BCUT2D eigenvalue weighted by atomic mass is 16.5. The van der Waals surface area contributed by atoms with E-state index in [4.69, 9.17) is 10.6 Å². The van der Waals surface area contributed by atoms with Crippen molar-refractivity contribution in [1.29, 1.82) is 0 Å². The van der Waals surface area contributed by atoms with Crippen molar-refractivity contribution in [2.45, 2.75) is 69.9 Å². The molecule has 1 fully saturated rings. The maximum absolute atomic E-state index is 5.75. The number of rotatable bonds is 6. The van der Waals surface area contributed by atoms with Crippen LogP contribution in [0.5, 0.6) is 0 Å². The largest absolute Gasteiger partial charge is 0.378 e. The molecule has 0 aromatic heterocycles. The van der Waals surface area contributed by atoms with Gasteiger partial charge in [-0.05, 0) is 48.6 Å². The molecule has 3 N–H and O–H groups in total. The van der Waals surface area contributed by atoms with Crippen molar-refractivity contribution in [3.05, 3.63) is 35.4 Å². The second kappa shape index (κ2) is 6.47. The van der Waals surface area contributed by atoms with Crippen molar-refractivity contribution < 1.29 is 4.74 Å². The maximum atomic E-state index is 5.75. The molecule has 1 unspecified atom stereocenters. The number of benzene rings is 1. The normalized spacial score (nSPS) is 19.1. The summed E-state index contributed by atoms with van der Waals surface area (Å²) in [5.41, 5.74) is 5.94. The van der Waals surface area contributed by atoms with Gasteiger partial charge in [0.05, 0.1) is 5.60 Å². The first-order chi connectivity index (χ1) is 9.88. The van der Waals surface area contributed by atoms with Crippen LogP contribution in [0.4, 0.5) is 0 Å². The molecule has 0 radical (unpaired) electrons. The van der Waals surface area contributed by atoms with Crippen LogP contribution in [-0.2, 0) is 16.6 Å². The highest BCUT2D eigenvalue weighted by Gasteiger charge is 2.38. The number of nitrogens with two attached hydrogens (primary N) is 1. The number of nitrogens with one attached hydrogen (secondary N) is 1. The Kier molecular flexibility index (Phi) is 5.07. The summed E-state index contributed by atoms with van der Waals surface area (Å²) in [7, 11) is 1.82. The lowest BCUT2D eigenvalue weighted by Gasteiger charge is -2.42. The van der Waals surface area contributed by atoms with Crippen molar-refractivity contribution in [3.8, 4) is 0 Å². The van der Waals surface area contributed by atoms with Gasteiger partial charge in [0.1, 0.15) is 0 Å². The average molecular weight is 290 g/mol. The Morgan fingerprint density at radius 1 is 1.24 bits per heavy atom. The van der Waals surface area contributed by atoms with Crippen molar-refractivity contribution in [3.63, 3.8) is 0 Å². The Labute approximate surface area is 129 Å². The summed E-state index contributed by atoms with van der Waals surface area (Å²) in [6, 6.07) is 9.19. The number of hydrogen-bond donors (Lipinski definition) is 2. The standard InChI is InChI=1S/C18H30N2O/c1-17(2,3)15-8-6-14(7-9-15)12-16(20-19)13-18(21-4)10-5-11-18/h6-9,16,20H,5,10-13,19H2,1-4H3. The fourth-order valence-electron chi connectivity index (χ4n) is 3.13. The third-order valence-corrected chi connectivity index (χ3v) is 4.85. The van der Waals surface area contributed by atoms with Gasteiger partial charge in [0.15, 0.2) is 0 Å². The molecule has 1 aromatic carbocycles. The monoisotopic (exact) mass is 290 g/mol. The first-order valence-corrected chi connectivity index (χ1v) is 7.99. The van der Waals surface area contributed by atoms with Crippen LogP contribution in [0, 0.1) is 0 Å². The minimum atomic E-state index is 0.0579. The number of methoxy groups -OCH3 is 1. The van der Waals surface area contributed by atoms with Crippen molar-refractivity contribution in [2.24, 2.45) is 5.84 Å². The van der Waals surface area contributed by atoms with E-state index in [1.807, 2.05) is 7.11 Å². The Morgan fingerprint density at radius 3 is 2.24 bits per heavy atom. The molecule has 3 heteroatoms. The zero-order valence-corrected chi connectivity index (χ0v) is 13.9. The summed E-state index contributed by atoms with van der Waals surface area (Å²) >= 11 is 0. The van der Waals surface area contributed by atoms with E-state index in [-0.39, 0.29) is 17.1 Å². The summed E-state index contributed by atoms with van der Waals surface area (Å²) in [5.74, 6) is 5.75. The zero-order chi connectivity index (χ0) is 15.5. The van der Waals surface area contributed by atoms with Crippen LogP contribution < -0.4 is 11.3 Å². The number of ether oxygens (including phenoxy) is 1. The van der Waals surface area contributed by atoms with Gasteiger partial charge in [-0.2, -0.15) is 0 Å². The summed E-state index contributed by atoms with van der Waals surface area (Å²) < 4.78 is 5.71. The van der Waals surface area contributed by atoms with Crippen molar-refractivity contribution in [1.82, 2.24) is 5.43 Å². The molecule has 21 heavy (non-hydrogen) atoms. The Balaban J connectivity index is 1.98. The van der Waals surface area contributed by atoms with E-state index < -0.39 is 0 Å². The molecule has 1 aromatic rings. The highest BCUT2D eigenvalue weighted by Crippen LogP contribution is 2.39. The topological polar surface area (TPSA) is 47.3 Å². The molecule has 1 aliphatic rings. The van der Waals surface area contributed by atoms with Gasteiger partial charge in [0.25, 0.3) is 0 Å². The Bertz CT molecular complexity index is 438. The molecule has 3 nitrogen and oxygen atoms in total. The minimum absolute atomic E-state index is 0.0579. The van der Waals surface area contributed by atoms with E-state index in [0.717, 1.165) is 25.7 Å². The van der Waals surface area contributed by atoms with Gasteiger partial charge >= 0.3 is 0 Å². The predicted octanol–water partition coefficient (Wildman–Crippen LogP) is 3.32. The van der Waals surface area contributed by atoms with E-state index in [9.17, 15) is 0 Å². The molecule has 1 atom stereocenters. The van der Waals surface area contributed by atoms with Gasteiger partial charge in [-0.15, -0.1) is 0 Å². The van der Waals surface area contributed by atoms with Gasteiger partial charge in [-0.1, -0.05) is 45.0 Å². The van der Waals surface area contributed by atoms with Crippen molar-refractivity contribution in [2.75, 3.05) is 7.11 Å². The Hall–Kier alpha value is -0.900.